The van der Waals surface area contributed by atoms with Gasteiger partial charge in [0.1, 0.15) is 5.82 Å². The van der Waals surface area contributed by atoms with E-state index in [1.54, 1.807) is 0 Å². The molecule has 0 saturated carbocycles. The van der Waals surface area contributed by atoms with Crippen molar-refractivity contribution in [2.24, 2.45) is 0 Å². The van der Waals surface area contributed by atoms with E-state index in [0.717, 1.165) is 30.5 Å². The summed E-state index contributed by atoms with van der Waals surface area (Å²) in [4.78, 5) is 4.42. The summed E-state index contributed by atoms with van der Waals surface area (Å²) in [6, 6.07) is 0. The fourth-order valence-electron chi connectivity index (χ4n) is 1.35. The van der Waals surface area contributed by atoms with Crippen LogP contribution in [0.5, 0.6) is 0 Å². The number of anilines is 1. The van der Waals surface area contributed by atoms with Crippen molar-refractivity contribution in [3.05, 3.63) is 5.82 Å². The molecule has 0 amide bonds. The minimum Gasteiger partial charge on any atom is -0.282 e. The second-order valence-corrected chi connectivity index (χ2v) is 3.84. The molecule has 0 aliphatic carbocycles. The maximum Gasteiger partial charge on any atom is 0.219 e. The number of hydrogen-bond donors (Lipinski definition) is 1. The molecule has 0 unspecified atom stereocenters. The first-order valence-electron chi connectivity index (χ1n) is 4.74. The molecule has 2 heterocycles. The van der Waals surface area contributed by atoms with Gasteiger partial charge in [0.05, 0.1) is 0 Å². The summed E-state index contributed by atoms with van der Waals surface area (Å²) >= 11 is 1.48. The molecule has 1 aromatic heterocycles. The predicted molar refractivity (Wildman–Crippen MR) is 53.9 cm³/mol. The SMILES string of the molecule is CCc1nsc(N2CCCCN2)n1. The summed E-state index contributed by atoms with van der Waals surface area (Å²) in [6.45, 7) is 4.19. The second kappa shape index (κ2) is 4.02. The Morgan fingerprint density at radius 3 is 3.08 bits per heavy atom. The first-order valence-corrected chi connectivity index (χ1v) is 5.51. The van der Waals surface area contributed by atoms with E-state index in [2.05, 4.69) is 26.7 Å². The van der Waals surface area contributed by atoms with Gasteiger partial charge in [0.2, 0.25) is 5.13 Å². The standard InChI is InChI=1S/C8H14N4S/c1-2-7-10-8(13-11-7)12-6-4-3-5-9-12/h9H,2-6H2,1H3. The first-order chi connectivity index (χ1) is 6.40. The van der Waals surface area contributed by atoms with Crippen LogP contribution < -0.4 is 10.4 Å². The highest BCUT2D eigenvalue weighted by atomic mass is 32.1. The zero-order valence-electron chi connectivity index (χ0n) is 7.79. The molecular formula is C8H14N4S. The number of nitrogens with one attached hydrogen (secondary N) is 1. The van der Waals surface area contributed by atoms with E-state index < -0.39 is 0 Å². The molecule has 0 radical (unpaired) electrons. The molecular weight excluding hydrogens is 184 g/mol. The zero-order chi connectivity index (χ0) is 9.10. The summed E-state index contributed by atoms with van der Waals surface area (Å²) in [5.41, 5.74) is 3.31. The van der Waals surface area contributed by atoms with Crippen LogP contribution in [-0.2, 0) is 6.42 Å². The number of hydrazine groups is 1. The number of aromatic nitrogens is 2. The fourth-order valence-corrected chi connectivity index (χ4v) is 2.11. The number of rotatable bonds is 2. The Bertz CT molecular complexity index is 267. The minimum atomic E-state index is 0.921. The fraction of sp³-hybridized carbons (Fsp3) is 0.750. The molecule has 0 bridgehead atoms. The number of aryl methyl sites for hydroxylation is 1. The molecule has 1 fully saturated rings. The monoisotopic (exact) mass is 198 g/mol. The topological polar surface area (TPSA) is 41.1 Å². The van der Waals surface area contributed by atoms with Crippen LogP contribution in [0.3, 0.4) is 0 Å². The highest BCUT2D eigenvalue weighted by molar-refractivity contribution is 7.09. The molecule has 0 aromatic carbocycles. The van der Waals surface area contributed by atoms with Crippen LogP contribution in [0.15, 0.2) is 0 Å². The van der Waals surface area contributed by atoms with E-state index in [1.807, 2.05) is 0 Å². The van der Waals surface area contributed by atoms with Gasteiger partial charge in [-0.3, -0.25) is 5.01 Å². The van der Waals surface area contributed by atoms with Crippen LogP contribution in [-0.4, -0.2) is 22.4 Å². The molecule has 5 heteroatoms. The van der Waals surface area contributed by atoms with Gasteiger partial charge < -0.3 is 0 Å². The van der Waals surface area contributed by atoms with Crippen LogP contribution in [0, 0.1) is 0 Å². The average Bonchev–Trinajstić information content (AvgIpc) is 2.67. The number of nitrogens with zero attached hydrogens (tertiary/aromatic N) is 3. The highest BCUT2D eigenvalue weighted by Gasteiger charge is 2.13. The summed E-state index contributed by atoms with van der Waals surface area (Å²) in [6.07, 6.45) is 3.42. The Morgan fingerprint density at radius 1 is 1.54 bits per heavy atom. The molecule has 1 aromatic rings. The Morgan fingerprint density at radius 2 is 2.46 bits per heavy atom. The highest BCUT2D eigenvalue weighted by Crippen LogP contribution is 2.17. The van der Waals surface area contributed by atoms with Gasteiger partial charge in [-0.15, -0.1) is 0 Å². The van der Waals surface area contributed by atoms with Crippen LogP contribution in [0.1, 0.15) is 25.6 Å². The lowest BCUT2D eigenvalue weighted by atomic mass is 10.3. The van der Waals surface area contributed by atoms with Crippen LogP contribution in [0.25, 0.3) is 0 Å². The van der Waals surface area contributed by atoms with Gasteiger partial charge in [-0.05, 0) is 12.8 Å². The number of hydrogen-bond acceptors (Lipinski definition) is 5. The van der Waals surface area contributed by atoms with Gasteiger partial charge in [0.15, 0.2) is 0 Å². The van der Waals surface area contributed by atoms with E-state index in [0.29, 0.717) is 0 Å². The molecule has 4 nitrogen and oxygen atoms in total. The van der Waals surface area contributed by atoms with E-state index in [1.165, 1.54) is 24.4 Å². The van der Waals surface area contributed by atoms with Crippen molar-refractivity contribution in [3.8, 4) is 0 Å². The Hall–Kier alpha value is -0.680. The zero-order valence-corrected chi connectivity index (χ0v) is 8.60. The van der Waals surface area contributed by atoms with E-state index >= 15 is 0 Å². The third kappa shape index (κ3) is 1.97. The van der Waals surface area contributed by atoms with Crippen LogP contribution in [0.2, 0.25) is 0 Å². The molecule has 13 heavy (non-hydrogen) atoms. The third-order valence-electron chi connectivity index (χ3n) is 2.12. The van der Waals surface area contributed by atoms with Crippen LogP contribution in [0.4, 0.5) is 5.13 Å². The van der Waals surface area contributed by atoms with Gasteiger partial charge in [-0.1, -0.05) is 6.92 Å². The van der Waals surface area contributed by atoms with Gasteiger partial charge in [-0.25, -0.2) is 10.4 Å². The van der Waals surface area contributed by atoms with Crippen LogP contribution >= 0.6 is 11.5 Å². The smallest absolute Gasteiger partial charge is 0.219 e. The largest absolute Gasteiger partial charge is 0.282 e. The third-order valence-corrected chi connectivity index (χ3v) is 2.89. The lowest BCUT2D eigenvalue weighted by Crippen LogP contribution is -2.43. The van der Waals surface area contributed by atoms with Crippen molar-refractivity contribution in [1.82, 2.24) is 14.8 Å². The van der Waals surface area contributed by atoms with Crippen molar-refractivity contribution in [2.75, 3.05) is 18.1 Å². The van der Waals surface area contributed by atoms with Gasteiger partial charge in [-0.2, -0.15) is 4.37 Å². The maximum absolute atomic E-state index is 4.42. The van der Waals surface area contributed by atoms with Crippen molar-refractivity contribution in [1.29, 1.82) is 0 Å². The molecule has 0 atom stereocenters. The van der Waals surface area contributed by atoms with Crippen molar-refractivity contribution in [2.45, 2.75) is 26.2 Å². The molecule has 0 spiro atoms. The van der Waals surface area contributed by atoms with Gasteiger partial charge >= 0.3 is 0 Å². The summed E-state index contributed by atoms with van der Waals surface area (Å²) in [5, 5.41) is 3.12. The Kier molecular flexibility index (Phi) is 2.75. The molecule has 72 valence electrons. The lowest BCUT2D eigenvalue weighted by Gasteiger charge is -2.26. The first kappa shape index (κ1) is 8.90. The normalized spacial score (nSPS) is 17.8. The predicted octanol–water partition coefficient (Wildman–Crippen LogP) is 1.21. The van der Waals surface area contributed by atoms with E-state index in [4.69, 9.17) is 0 Å². The minimum absolute atomic E-state index is 0.921. The summed E-state index contributed by atoms with van der Waals surface area (Å²) < 4.78 is 4.26. The van der Waals surface area contributed by atoms with Crippen molar-refractivity contribution in [3.63, 3.8) is 0 Å². The van der Waals surface area contributed by atoms with E-state index in [-0.39, 0.29) is 0 Å². The van der Waals surface area contributed by atoms with E-state index in [9.17, 15) is 0 Å². The molecule has 1 aliphatic heterocycles. The van der Waals surface area contributed by atoms with Crippen molar-refractivity contribution >= 4 is 16.7 Å². The van der Waals surface area contributed by atoms with Gasteiger partial charge in [0, 0.05) is 31.0 Å². The van der Waals surface area contributed by atoms with Gasteiger partial charge in [0.25, 0.3) is 0 Å². The average molecular weight is 198 g/mol. The van der Waals surface area contributed by atoms with Crippen molar-refractivity contribution < 1.29 is 0 Å². The molecule has 1 N–H and O–H groups in total. The summed E-state index contributed by atoms with van der Waals surface area (Å²) in [7, 11) is 0. The Labute approximate surface area is 82.1 Å². The Balaban J connectivity index is 2.05. The molecule has 1 aliphatic rings. The summed E-state index contributed by atoms with van der Waals surface area (Å²) in [5.74, 6) is 0.951. The maximum atomic E-state index is 4.42. The quantitative estimate of drug-likeness (QED) is 0.775. The molecule has 2 rings (SSSR count). The molecule has 1 saturated heterocycles. The second-order valence-electron chi connectivity index (χ2n) is 3.11. The lowest BCUT2D eigenvalue weighted by molar-refractivity contribution is 0.510.